The molecule has 0 atom stereocenters. The Labute approximate surface area is 142 Å². The van der Waals surface area contributed by atoms with E-state index in [0.29, 0.717) is 0 Å². The topological polar surface area (TPSA) is 90.0 Å². The first-order valence-electron chi connectivity index (χ1n) is 7.28. The highest BCUT2D eigenvalue weighted by Crippen LogP contribution is 2.32. The van der Waals surface area contributed by atoms with E-state index in [1.807, 2.05) is 0 Å². The average Bonchev–Trinajstić information content (AvgIpc) is 2.91. The van der Waals surface area contributed by atoms with E-state index >= 15 is 0 Å². The van der Waals surface area contributed by atoms with Gasteiger partial charge in [0.1, 0.15) is 0 Å². The number of nitrogens with zero attached hydrogens (tertiary/aromatic N) is 1. The van der Waals surface area contributed by atoms with Crippen LogP contribution < -0.4 is 4.90 Å². The molecule has 0 bridgehead atoms. The predicted octanol–water partition coefficient (Wildman–Crippen LogP) is 2.06. The van der Waals surface area contributed by atoms with E-state index in [1.54, 1.807) is 12.1 Å². The Morgan fingerprint density at radius 2 is 1.40 bits per heavy atom. The number of fused-ring (bicyclic) bond motifs is 1. The molecule has 2 aromatic rings. The fourth-order valence-corrected chi connectivity index (χ4v) is 2.65. The van der Waals surface area contributed by atoms with Crippen molar-refractivity contribution in [2.24, 2.45) is 0 Å². The number of rotatable bonds is 3. The van der Waals surface area contributed by atoms with Gasteiger partial charge in [0.05, 0.1) is 42.2 Å². The molecule has 126 valence electrons. The van der Waals surface area contributed by atoms with Crippen LogP contribution in [-0.4, -0.2) is 38.0 Å². The number of carbonyl (C=O) groups excluding carboxylic acids is 4. The first kappa shape index (κ1) is 16.4. The molecule has 0 spiro atoms. The lowest BCUT2D eigenvalue weighted by molar-refractivity contribution is 0.0587. The van der Waals surface area contributed by atoms with Gasteiger partial charge in [-0.2, -0.15) is 0 Å². The zero-order valence-electron chi connectivity index (χ0n) is 13.4. The molecule has 2 amide bonds. The van der Waals surface area contributed by atoms with Gasteiger partial charge >= 0.3 is 11.9 Å². The summed E-state index contributed by atoms with van der Waals surface area (Å²) in [5.41, 5.74) is 0.519. The number of amides is 2. The maximum atomic E-state index is 12.7. The number of benzene rings is 2. The molecule has 25 heavy (non-hydrogen) atoms. The van der Waals surface area contributed by atoms with Crippen LogP contribution >= 0.6 is 0 Å². The summed E-state index contributed by atoms with van der Waals surface area (Å²) in [5, 5.41) is 0. The zero-order chi connectivity index (χ0) is 18.1. The summed E-state index contributed by atoms with van der Waals surface area (Å²) in [7, 11) is 2.39. The maximum absolute atomic E-state index is 12.7. The van der Waals surface area contributed by atoms with E-state index in [-0.39, 0.29) is 27.9 Å². The molecule has 1 aliphatic rings. The first-order chi connectivity index (χ1) is 12.0. The largest absolute Gasteiger partial charge is 0.465 e. The van der Waals surface area contributed by atoms with E-state index < -0.39 is 23.8 Å². The van der Waals surface area contributed by atoms with Crippen LogP contribution in [0.1, 0.15) is 41.4 Å². The summed E-state index contributed by atoms with van der Waals surface area (Å²) in [4.78, 5) is 50.0. The van der Waals surface area contributed by atoms with Crippen LogP contribution in [-0.2, 0) is 9.47 Å². The van der Waals surface area contributed by atoms with Crippen molar-refractivity contribution in [1.82, 2.24) is 0 Å². The molecule has 3 rings (SSSR count). The predicted molar refractivity (Wildman–Crippen MR) is 86.7 cm³/mol. The second-order valence-corrected chi connectivity index (χ2v) is 5.21. The highest BCUT2D eigenvalue weighted by molar-refractivity contribution is 6.35. The lowest BCUT2D eigenvalue weighted by Crippen LogP contribution is -2.31. The summed E-state index contributed by atoms with van der Waals surface area (Å²) in [6.07, 6.45) is 0. The van der Waals surface area contributed by atoms with Crippen LogP contribution in [0.3, 0.4) is 0 Å². The van der Waals surface area contributed by atoms with Gasteiger partial charge in [-0.25, -0.2) is 14.5 Å². The molecule has 7 nitrogen and oxygen atoms in total. The molecule has 2 aromatic carbocycles. The molecule has 0 N–H and O–H groups in total. The maximum Gasteiger partial charge on any atom is 0.339 e. The van der Waals surface area contributed by atoms with Gasteiger partial charge in [0.25, 0.3) is 11.8 Å². The molecular weight excluding hydrogens is 326 g/mol. The van der Waals surface area contributed by atoms with Gasteiger partial charge in [-0.1, -0.05) is 12.1 Å². The van der Waals surface area contributed by atoms with E-state index in [0.717, 1.165) is 4.90 Å². The first-order valence-corrected chi connectivity index (χ1v) is 7.28. The molecule has 0 saturated carbocycles. The molecular formula is C18H13NO6. The van der Waals surface area contributed by atoms with Crippen molar-refractivity contribution >= 4 is 29.4 Å². The molecule has 0 saturated heterocycles. The number of carbonyl (C=O) groups is 4. The molecule has 0 radical (unpaired) electrons. The van der Waals surface area contributed by atoms with E-state index in [1.165, 1.54) is 44.6 Å². The fourth-order valence-electron chi connectivity index (χ4n) is 2.65. The van der Waals surface area contributed by atoms with Crippen molar-refractivity contribution in [2.45, 2.75) is 0 Å². The third-order valence-corrected chi connectivity index (χ3v) is 3.86. The number of ether oxygens (including phenoxy) is 2. The third kappa shape index (κ3) is 2.55. The summed E-state index contributed by atoms with van der Waals surface area (Å²) < 4.78 is 9.36. The second kappa shape index (κ2) is 6.20. The quantitative estimate of drug-likeness (QED) is 0.628. The molecule has 1 aliphatic heterocycles. The zero-order valence-corrected chi connectivity index (χ0v) is 13.4. The second-order valence-electron chi connectivity index (χ2n) is 5.21. The smallest absolute Gasteiger partial charge is 0.339 e. The standard InChI is InChI=1S/C18H13NO6/c1-24-17(22)10-7-8-13(18(23)25-2)14(9-10)19-15(20)11-5-3-4-6-12(11)16(19)21/h3-9H,1-2H3. The number of anilines is 1. The Morgan fingerprint density at radius 3 is 1.92 bits per heavy atom. The molecule has 0 fully saturated rings. The van der Waals surface area contributed by atoms with Crippen LogP contribution in [0.2, 0.25) is 0 Å². The third-order valence-electron chi connectivity index (χ3n) is 3.86. The summed E-state index contributed by atoms with van der Waals surface area (Å²) in [6, 6.07) is 10.3. The Balaban J connectivity index is 2.18. The number of esters is 2. The molecule has 0 unspecified atom stereocenters. The normalized spacial score (nSPS) is 12.8. The van der Waals surface area contributed by atoms with Crippen LogP contribution in [0.4, 0.5) is 5.69 Å². The Morgan fingerprint density at radius 1 is 0.840 bits per heavy atom. The number of hydrogen-bond donors (Lipinski definition) is 0. The molecule has 0 aliphatic carbocycles. The Hall–Kier alpha value is -3.48. The van der Waals surface area contributed by atoms with Gasteiger partial charge in [-0.05, 0) is 30.3 Å². The number of hydrogen-bond acceptors (Lipinski definition) is 6. The lowest BCUT2D eigenvalue weighted by atomic mass is 10.1. The average molecular weight is 339 g/mol. The Bertz CT molecular complexity index is 883. The van der Waals surface area contributed by atoms with Crippen molar-refractivity contribution in [3.8, 4) is 0 Å². The van der Waals surface area contributed by atoms with Crippen molar-refractivity contribution in [3.63, 3.8) is 0 Å². The Kier molecular flexibility index (Phi) is 4.06. The van der Waals surface area contributed by atoms with Crippen LogP contribution in [0, 0.1) is 0 Å². The van der Waals surface area contributed by atoms with Crippen molar-refractivity contribution < 1.29 is 28.7 Å². The summed E-state index contributed by atoms with van der Waals surface area (Å²) in [6.45, 7) is 0. The fraction of sp³-hybridized carbons (Fsp3) is 0.111. The van der Waals surface area contributed by atoms with Crippen molar-refractivity contribution in [3.05, 3.63) is 64.7 Å². The van der Waals surface area contributed by atoms with E-state index in [4.69, 9.17) is 4.74 Å². The number of imide groups is 1. The molecule has 7 heteroatoms. The highest BCUT2D eigenvalue weighted by atomic mass is 16.5. The monoisotopic (exact) mass is 339 g/mol. The van der Waals surface area contributed by atoms with Crippen LogP contribution in [0.25, 0.3) is 0 Å². The van der Waals surface area contributed by atoms with Crippen molar-refractivity contribution in [2.75, 3.05) is 19.1 Å². The van der Waals surface area contributed by atoms with Crippen LogP contribution in [0.5, 0.6) is 0 Å². The summed E-state index contributed by atoms with van der Waals surface area (Å²) in [5.74, 6) is -2.54. The van der Waals surface area contributed by atoms with Gasteiger partial charge in [0.2, 0.25) is 0 Å². The van der Waals surface area contributed by atoms with Gasteiger partial charge < -0.3 is 9.47 Å². The van der Waals surface area contributed by atoms with Crippen LogP contribution in [0.15, 0.2) is 42.5 Å². The summed E-state index contributed by atoms with van der Waals surface area (Å²) >= 11 is 0. The highest BCUT2D eigenvalue weighted by Gasteiger charge is 2.38. The van der Waals surface area contributed by atoms with Gasteiger partial charge in [0.15, 0.2) is 0 Å². The molecule has 0 aromatic heterocycles. The van der Waals surface area contributed by atoms with E-state index in [9.17, 15) is 19.2 Å². The van der Waals surface area contributed by atoms with Crippen molar-refractivity contribution in [1.29, 1.82) is 0 Å². The molecule has 1 heterocycles. The lowest BCUT2D eigenvalue weighted by Gasteiger charge is -2.18. The van der Waals surface area contributed by atoms with Gasteiger partial charge in [-0.3, -0.25) is 9.59 Å². The number of methoxy groups -OCH3 is 2. The minimum Gasteiger partial charge on any atom is -0.465 e. The minimum absolute atomic E-state index is 0.00957. The van der Waals surface area contributed by atoms with Gasteiger partial charge in [0, 0.05) is 0 Å². The van der Waals surface area contributed by atoms with E-state index in [2.05, 4.69) is 4.74 Å². The minimum atomic E-state index is -0.733. The van der Waals surface area contributed by atoms with Gasteiger partial charge in [-0.15, -0.1) is 0 Å². The SMILES string of the molecule is COC(=O)c1ccc(C(=O)OC)c(N2C(=O)c3ccccc3C2=O)c1.